The fourth-order valence-electron chi connectivity index (χ4n) is 3.66. The van der Waals surface area contributed by atoms with Gasteiger partial charge in [-0.2, -0.15) is 0 Å². The van der Waals surface area contributed by atoms with Crippen molar-refractivity contribution in [3.8, 4) is 0 Å². The highest BCUT2D eigenvalue weighted by molar-refractivity contribution is 14.1. The second-order valence-corrected chi connectivity index (χ2v) is 7.69. The molecule has 1 aliphatic rings. The summed E-state index contributed by atoms with van der Waals surface area (Å²) in [5.41, 5.74) is 1.33. The summed E-state index contributed by atoms with van der Waals surface area (Å²) in [6.07, 6.45) is 4.01. The average molecular weight is 392 g/mol. The molecule has 0 amide bonds. The van der Waals surface area contributed by atoms with Gasteiger partial charge in [0, 0.05) is 9.61 Å². The molecule has 3 heteroatoms. The first kappa shape index (κ1) is 15.6. The molecule has 0 aromatic heterocycles. The van der Waals surface area contributed by atoms with E-state index in [1.807, 2.05) is 0 Å². The number of rotatable bonds is 3. The Morgan fingerprint density at radius 1 is 1.21 bits per heavy atom. The van der Waals surface area contributed by atoms with E-state index in [-0.39, 0.29) is 0 Å². The summed E-state index contributed by atoms with van der Waals surface area (Å²) in [4.78, 5) is 0. The molecule has 1 nitrogen and oxygen atoms in total. The third-order valence-electron chi connectivity index (χ3n) is 4.30. The van der Waals surface area contributed by atoms with Gasteiger partial charge in [0.15, 0.2) is 0 Å². The predicted octanol–water partition coefficient (Wildman–Crippen LogP) is 5.28. The first-order valence-corrected chi connectivity index (χ1v) is 8.59. The summed E-state index contributed by atoms with van der Waals surface area (Å²) >= 11 is 8.56. The monoisotopic (exact) mass is 391 g/mol. The summed E-state index contributed by atoms with van der Waals surface area (Å²) in [5, 5.41) is 4.39. The lowest BCUT2D eigenvalue weighted by Gasteiger charge is -2.36. The molecule has 19 heavy (non-hydrogen) atoms. The molecule has 0 bridgehead atoms. The maximum Gasteiger partial charge on any atom is 0.0542 e. The molecule has 3 unspecified atom stereocenters. The third-order valence-corrected chi connectivity index (χ3v) is 5.87. The van der Waals surface area contributed by atoms with Crippen LogP contribution in [0.5, 0.6) is 0 Å². The van der Waals surface area contributed by atoms with Crippen LogP contribution in [0.15, 0.2) is 18.2 Å². The van der Waals surface area contributed by atoms with Gasteiger partial charge in [0.1, 0.15) is 0 Å². The van der Waals surface area contributed by atoms with Gasteiger partial charge in [0.25, 0.3) is 0 Å². The van der Waals surface area contributed by atoms with Gasteiger partial charge in [-0.3, -0.25) is 0 Å². The summed E-state index contributed by atoms with van der Waals surface area (Å²) < 4.78 is 1.13. The SMILES string of the molecule is CNC(c1ccc(I)c(Cl)c1)C1CC(C)CC(C)C1. The molecule has 2 rings (SSSR count). The molecule has 1 fully saturated rings. The molecule has 1 aromatic rings. The van der Waals surface area contributed by atoms with E-state index in [2.05, 4.69) is 67.0 Å². The minimum atomic E-state index is 0.430. The zero-order valence-corrected chi connectivity index (χ0v) is 14.8. The quantitative estimate of drug-likeness (QED) is 0.691. The van der Waals surface area contributed by atoms with Crippen LogP contribution in [0.2, 0.25) is 5.02 Å². The maximum absolute atomic E-state index is 6.28. The van der Waals surface area contributed by atoms with Crippen molar-refractivity contribution < 1.29 is 0 Å². The van der Waals surface area contributed by atoms with Crippen molar-refractivity contribution in [1.29, 1.82) is 0 Å². The highest BCUT2D eigenvalue weighted by Gasteiger charge is 2.30. The normalized spacial score (nSPS) is 29.2. The summed E-state index contributed by atoms with van der Waals surface area (Å²) in [7, 11) is 2.07. The molecular formula is C16H23ClIN. The third kappa shape index (κ3) is 3.85. The lowest BCUT2D eigenvalue weighted by atomic mass is 9.72. The van der Waals surface area contributed by atoms with Crippen LogP contribution in [0.1, 0.15) is 44.7 Å². The van der Waals surface area contributed by atoms with Gasteiger partial charge in [0.2, 0.25) is 0 Å². The molecule has 0 radical (unpaired) electrons. The van der Waals surface area contributed by atoms with Crippen LogP contribution < -0.4 is 5.32 Å². The molecule has 106 valence electrons. The van der Waals surface area contributed by atoms with Crippen molar-refractivity contribution in [2.24, 2.45) is 17.8 Å². The first-order chi connectivity index (χ1) is 9.01. The molecule has 3 atom stereocenters. The van der Waals surface area contributed by atoms with E-state index in [0.717, 1.165) is 26.3 Å². The van der Waals surface area contributed by atoms with E-state index in [4.69, 9.17) is 11.6 Å². The van der Waals surface area contributed by atoms with E-state index in [0.29, 0.717) is 6.04 Å². The van der Waals surface area contributed by atoms with Crippen molar-refractivity contribution in [1.82, 2.24) is 5.32 Å². The van der Waals surface area contributed by atoms with Gasteiger partial charge in [-0.25, -0.2) is 0 Å². The minimum Gasteiger partial charge on any atom is -0.313 e. The molecule has 0 saturated heterocycles. The van der Waals surface area contributed by atoms with Crippen LogP contribution in [0.3, 0.4) is 0 Å². The van der Waals surface area contributed by atoms with E-state index in [1.165, 1.54) is 24.8 Å². The smallest absolute Gasteiger partial charge is 0.0542 e. The average Bonchev–Trinajstić information content (AvgIpc) is 2.33. The molecule has 0 heterocycles. The van der Waals surface area contributed by atoms with Crippen molar-refractivity contribution in [2.75, 3.05) is 7.05 Å². The lowest BCUT2D eigenvalue weighted by Crippen LogP contribution is -2.31. The van der Waals surface area contributed by atoms with Crippen LogP contribution >= 0.6 is 34.2 Å². The van der Waals surface area contributed by atoms with Crippen LogP contribution in [0, 0.1) is 21.3 Å². The van der Waals surface area contributed by atoms with Gasteiger partial charge in [-0.05, 0) is 84.4 Å². The first-order valence-electron chi connectivity index (χ1n) is 7.13. The second-order valence-electron chi connectivity index (χ2n) is 6.12. The molecule has 1 saturated carbocycles. The lowest BCUT2D eigenvalue weighted by molar-refractivity contribution is 0.180. The topological polar surface area (TPSA) is 12.0 Å². The Bertz CT molecular complexity index is 425. The number of halogens is 2. The molecular weight excluding hydrogens is 369 g/mol. The molecule has 1 aliphatic carbocycles. The van der Waals surface area contributed by atoms with Gasteiger partial charge in [-0.15, -0.1) is 0 Å². The van der Waals surface area contributed by atoms with Gasteiger partial charge >= 0.3 is 0 Å². The molecule has 1 N–H and O–H groups in total. The van der Waals surface area contributed by atoms with Crippen molar-refractivity contribution in [3.05, 3.63) is 32.4 Å². The summed E-state index contributed by atoms with van der Waals surface area (Å²) in [6, 6.07) is 6.91. The summed E-state index contributed by atoms with van der Waals surface area (Å²) in [6.45, 7) is 4.77. The highest BCUT2D eigenvalue weighted by Crippen LogP contribution is 2.40. The predicted molar refractivity (Wildman–Crippen MR) is 91.6 cm³/mol. The van der Waals surface area contributed by atoms with Gasteiger partial charge in [-0.1, -0.05) is 31.5 Å². The largest absolute Gasteiger partial charge is 0.313 e. The highest BCUT2D eigenvalue weighted by atomic mass is 127. The fraction of sp³-hybridized carbons (Fsp3) is 0.625. The Labute approximate surface area is 135 Å². The maximum atomic E-state index is 6.28. The van der Waals surface area contributed by atoms with Gasteiger partial charge in [0.05, 0.1) is 5.02 Å². The van der Waals surface area contributed by atoms with Crippen LogP contribution in [0.25, 0.3) is 0 Å². The van der Waals surface area contributed by atoms with E-state index in [1.54, 1.807) is 0 Å². The number of hydrogen-bond donors (Lipinski definition) is 1. The molecule has 0 aliphatic heterocycles. The molecule has 1 aromatic carbocycles. The van der Waals surface area contributed by atoms with Gasteiger partial charge < -0.3 is 5.32 Å². The Hall–Kier alpha value is 0.200. The Morgan fingerprint density at radius 2 is 1.84 bits per heavy atom. The Morgan fingerprint density at radius 3 is 2.37 bits per heavy atom. The summed E-state index contributed by atoms with van der Waals surface area (Å²) in [5.74, 6) is 2.40. The van der Waals surface area contributed by atoms with Crippen molar-refractivity contribution in [2.45, 2.75) is 39.2 Å². The zero-order chi connectivity index (χ0) is 14.0. The number of nitrogens with one attached hydrogen (secondary N) is 1. The van der Waals surface area contributed by atoms with E-state index in [9.17, 15) is 0 Å². The van der Waals surface area contributed by atoms with Crippen LogP contribution in [0.4, 0.5) is 0 Å². The Balaban J connectivity index is 2.21. The van der Waals surface area contributed by atoms with Crippen LogP contribution in [-0.4, -0.2) is 7.05 Å². The van der Waals surface area contributed by atoms with E-state index < -0.39 is 0 Å². The van der Waals surface area contributed by atoms with E-state index >= 15 is 0 Å². The Kier molecular flexibility index (Phi) is 5.55. The standard InChI is InChI=1S/C16H23ClIN/c1-10-6-11(2)8-13(7-10)16(19-3)12-4-5-15(18)14(17)9-12/h4-5,9-11,13,16,19H,6-8H2,1-3H3. The second kappa shape index (κ2) is 6.77. The van der Waals surface area contributed by atoms with Crippen LogP contribution in [-0.2, 0) is 0 Å². The number of hydrogen-bond acceptors (Lipinski definition) is 1. The van der Waals surface area contributed by atoms with Crippen molar-refractivity contribution in [3.63, 3.8) is 0 Å². The van der Waals surface area contributed by atoms with Crippen molar-refractivity contribution >= 4 is 34.2 Å². The zero-order valence-electron chi connectivity index (χ0n) is 11.9. The minimum absolute atomic E-state index is 0.430. The molecule has 0 spiro atoms. The number of benzene rings is 1. The fourth-order valence-corrected chi connectivity index (χ4v) is 4.19.